The number of benzene rings is 1. The number of rotatable bonds is 4. The molecule has 0 aliphatic carbocycles. The van der Waals surface area contributed by atoms with Crippen molar-refractivity contribution in [3.63, 3.8) is 0 Å². The third-order valence-corrected chi connectivity index (χ3v) is 5.06. The first kappa shape index (κ1) is 21.1. The van der Waals surface area contributed by atoms with Crippen LogP contribution in [0.5, 0.6) is 0 Å². The van der Waals surface area contributed by atoms with Gasteiger partial charge >= 0.3 is 5.97 Å². The molecule has 0 saturated carbocycles. The molecule has 3 N–H and O–H groups in total. The predicted molar refractivity (Wildman–Crippen MR) is 102 cm³/mol. The smallest absolute Gasteiger partial charge is 0.341 e. The largest absolute Gasteiger partial charge is 0.477 e. The van der Waals surface area contributed by atoms with E-state index in [4.69, 9.17) is 5.73 Å². The van der Waals surface area contributed by atoms with E-state index in [0.717, 1.165) is 25.1 Å². The minimum absolute atomic E-state index is 0. The second kappa shape index (κ2) is 8.22. The lowest BCUT2D eigenvalue weighted by Gasteiger charge is -2.33. The van der Waals surface area contributed by atoms with Crippen LogP contribution in [0.25, 0.3) is 10.9 Å². The van der Waals surface area contributed by atoms with Gasteiger partial charge in [-0.15, -0.1) is 12.4 Å². The van der Waals surface area contributed by atoms with Crippen molar-refractivity contribution in [2.24, 2.45) is 11.7 Å². The number of hydrogen-bond acceptors (Lipinski definition) is 4. The molecule has 0 unspecified atom stereocenters. The van der Waals surface area contributed by atoms with E-state index in [0.29, 0.717) is 25.6 Å². The molecule has 9 heteroatoms. The van der Waals surface area contributed by atoms with Crippen molar-refractivity contribution in [3.05, 3.63) is 39.7 Å². The predicted octanol–water partition coefficient (Wildman–Crippen LogP) is 2.59. The third kappa shape index (κ3) is 3.64. The van der Waals surface area contributed by atoms with E-state index < -0.39 is 28.6 Å². The summed E-state index contributed by atoms with van der Waals surface area (Å²) >= 11 is 0. The number of hydrogen-bond donors (Lipinski definition) is 2. The molecule has 2 heterocycles. The number of aryl methyl sites for hydroxylation is 1. The number of pyridine rings is 1. The highest BCUT2D eigenvalue weighted by Gasteiger charge is 2.27. The summed E-state index contributed by atoms with van der Waals surface area (Å²) in [5.41, 5.74) is 4.03. The average Bonchev–Trinajstić information content (AvgIpc) is 2.62. The molecule has 1 fully saturated rings. The van der Waals surface area contributed by atoms with Gasteiger partial charge in [-0.05, 0) is 38.3 Å². The van der Waals surface area contributed by atoms with Crippen molar-refractivity contribution in [2.45, 2.75) is 26.3 Å². The van der Waals surface area contributed by atoms with Crippen LogP contribution >= 0.6 is 12.4 Å². The van der Waals surface area contributed by atoms with Gasteiger partial charge in [0.05, 0.1) is 10.9 Å². The first-order valence-electron chi connectivity index (χ1n) is 8.62. The van der Waals surface area contributed by atoms with E-state index in [9.17, 15) is 19.1 Å². The molecule has 0 amide bonds. The van der Waals surface area contributed by atoms with Crippen molar-refractivity contribution in [2.75, 3.05) is 24.5 Å². The minimum Gasteiger partial charge on any atom is -0.477 e. The van der Waals surface area contributed by atoms with Crippen LogP contribution in [-0.4, -0.2) is 35.3 Å². The van der Waals surface area contributed by atoms with E-state index in [1.165, 1.54) is 4.57 Å². The fourth-order valence-corrected chi connectivity index (χ4v) is 3.56. The van der Waals surface area contributed by atoms with Crippen LogP contribution in [0.1, 0.15) is 30.1 Å². The summed E-state index contributed by atoms with van der Waals surface area (Å²) in [5, 5.41) is 8.91. The van der Waals surface area contributed by atoms with Crippen LogP contribution < -0.4 is 16.1 Å². The zero-order valence-electron chi connectivity index (χ0n) is 14.9. The minimum atomic E-state index is -1.42. The molecule has 1 aliphatic heterocycles. The Bertz CT molecular complexity index is 924. The first-order valence-corrected chi connectivity index (χ1v) is 8.62. The highest BCUT2D eigenvalue weighted by molar-refractivity contribution is 5.93. The Labute approximate surface area is 161 Å². The molecule has 0 bridgehead atoms. The topological polar surface area (TPSA) is 88.6 Å². The van der Waals surface area contributed by atoms with Gasteiger partial charge in [0.1, 0.15) is 17.1 Å². The molecule has 0 radical (unpaired) electrons. The molecular weight excluding hydrogens is 380 g/mol. The van der Waals surface area contributed by atoms with E-state index in [1.54, 1.807) is 11.8 Å². The van der Waals surface area contributed by atoms with Crippen molar-refractivity contribution in [1.29, 1.82) is 0 Å². The Balaban J connectivity index is 0.00000261. The fourth-order valence-electron chi connectivity index (χ4n) is 3.56. The number of fused-ring (bicyclic) bond motifs is 1. The van der Waals surface area contributed by atoms with Crippen LogP contribution in [0.2, 0.25) is 0 Å². The van der Waals surface area contributed by atoms with Crippen LogP contribution in [0, 0.1) is 17.6 Å². The van der Waals surface area contributed by atoms with Gasteiger partial charge in [-0.25, -0.2) is 13.6 Å². The van der Waals surface area contributed by atoms with E-state index in [1.807, 2.05) is 0 Å². The molecule has 0 spiro atoms. The summed E-state index contributed by atoms with van der Waals surface area (Å²) in [4.78, 5) is 25.2. The maximum absolute atomic E-state index is 15.2. The van der Waals surface area contributed by atoms with Gasteiger partial charge in [0.25, 0.3) is 0 Å². The first-order chi connectivity index (χ1) is 12.4. The molecule has 3 rings (SSSR count). The number of carboxylic acid groups (broad SMARTS) is 1. The van der Waals surface area contributed by atoms with E-state index >= 15 is 4.39 Å². The number of nitrogens with zero attached hydrogens (tertiary/aromatic N) is 2. The maximum Gasteiger partial charge on any atom is 0.341 e. The average molecular weight is 402 g/mol. The molecule has 1 saturated heterocycles. The number of anilines is 1. The van der Waals surface area contributed by atoms with Crippen LogP contribution in [-0.2, 0) is 6.54 Å². The van der Waals surface area contributed by atoms with Crippen LogP contribution in [0.15, 0.2) is 17.1 Å². The van der Waals surface area contributed by atoms with E-state index in [2.05, 4.69) is 0 Å². The SMILES string of the molecule is CCn1cc(C(=O)O)c(=O)c2cc(F)c(N3CCC(CN)CC3)c(F)c21.Cl. The van der Waals surface area contributed by atoms with Crippen molar-refractivity contribution in [1.82, 2.24) is 4.57 Å². The quantitative estimate of drug-likeness (QED) is 0.822. The number of piperidine rings is 1. The molecule has 27 heavy (non-hydrogen) atoms. The lowest BCUT2D eigenvalue weighted by molar-refractivity contribution is 0.0695. The van der Waals surface area contributed by atoms with Crippen molar-refractivity contribution in [3.8, 4) is 0 Å². The molecule has 2 aromatic rings. The summed E-state index contributed by atoms with van der Waals surface area (Å²) < 4.78 is 31.3. The number of aromatic carboxylic acids is 1. The third-order valence-electron chi connectivity index (χ3n) is 5.06. The maximum atomic E-state index is 15.2. The zero-order valence-corrected chi connectivity index (χ0v) is 15.7. The van der Waals surface area contributed by atoms with Gasteiger partial charge in [-0.2, -0.15) is 0 Å². The van der Waals surface area contributed by atoms with Gasteiger partial charge in [0, 0.05) is 25.8 Å². The summed E-state index contributed by atoms with van der Waals surface area (Å²) in [5.74, 6) is -2.77. The molecule has 0 atom stereocenters. The molecule has 1 aliphatic rings. The highest BCUT2D eigenvalue weighted by Crippen LogP contribution is 2.32. The van der Waals surface area contributed by atoms with Gasteiger partial charge in [-0.3, -0.25) is 4.79 Å². The molecular formula is C18H22ClF2N3O3. The zero-order chi connectivity index (χ0) is 19.0. The molecule has 148 valence electrons. The van der Waals surface area contributed by atoms with Crippen molar-refractivity contribution < 1.29 is 18.7 Å². The van der Waals surface area contributed by atoms with Gasteiger partial charge in [0.15, 0.2) is 5.82 Å². The second-order valence-corrected chi connectivity index (χ2v) is 6.55. The van der Waals surface area contributed by atoms with Crippen molar-refractivity contribution >= 4 is 35.0 Å². The second-order valence-electron chi connectivity index (χ2n) is 6.55. The lowest BCUT2D eigenvalue weighted by Crippen LogP contribution is -2.37. The Morgan fingerprint density at radius 3 is 2.48 bits per heavy atom. The summed E-state index contributed by atoms with van der Waals surface area (Å²) in [6.45, 7) is 3.44. The Hall–Kier alpha value is -2.19. The number of halogens is 3. The standard InChI is InChI=1S/C18H21F2N3O3.ClH/c1-2-22-9-12(18(25)26)17(24)11-7-13(19)16(14(20)15(11)22)23-5-3-10(8-21)4-6-23;/h7,9-10H,2-6,8,21H2,1H3,(H,25,26);1H. The molecule has 1 aromatic heterocycles. The summed E-state index contributed by atoms with van der Waals surface area (Å²) in [6.07, 6.45) is 2.59. The fraction of sp³-hybridized carbons (Fsp3) is 0.444. The monoisotopic (exact) mass is 401 g/mol. The summed E-state index contributed by atoms with van der Waals surface area (Å²) in [7, 11) is 0. The summed E-state index contributed by atoms with van der Waals surface area (Å²) in [6, 6.07) is 0.948. The number of nitrogens with two attached hydrogens (primary N) is 1. The number of aromatic nitrogens is 1. The van der Waals surface area contributed by atoms with Crippen LogP contribution in [0.3, 0.4) is 0 Å². The highest BCUT2D eigenvalue weighted by atomic mass is 35.5. The van der Waals surface area contributed by atoms with Gasteiger partial charge in [0.2, 0.25) is 5.43 Å². The Morgan fingerprint density at radius 1 is 1.33 bits per heavy atom. The Kier molecular flexibility index (Phi) is 6.43. The Morgan fingerprint density at radius 2 is 1.96 bits per heavy atom. The molecule has 6 nitrogen and oxygen atoms in total. The number of carbonyl (C=O) groups is 1. The van der Waals surface area contributed by atoms with Gasteiger partial charge in [-0.1, -0.05) is 0 Å². The molecule has 1 aromatic carbocycles. The van der Waals surface area contributed by atoms with Gasteiger partial charge < -0.3 is 20.3 Å². The lowest BCUT2D eigenvalue weighted by atomic mass is 9.96. The number of carboxylic acids is 1. The van der Waals surface area contributed by atoms with Crippen LogP contribution in [0.4, 0.5) is 14.5 Å². The van der Waals surface area contributed by atoms with E-state index in [-0.39, 0.29) is 35.5 Å². The normalized spacial score (nSPS) is 15.0.